The maximum atomic E-state index is 11.0. The van der Waals surface area contributed by atoms with Gasteiger partial charge in [-0.3, -0.25) is 4.79 Å². The minimum atomic E-state index is -0.791. The summed E-state index contributed by atoms with van der Waals surface area (Å²) in [5, 5.41) is 17.4. The fourth-order valence-electron chi connectivity index (χ4n) is 1.78. The molecule has 0 spiro atoms. The van der Waals surface area contributed by atoms with E-state index in [9.17, 15) is 4.79 Å². The zero-order valence-electron chi connectivity index (χ0n) is 10.1. The largest absolute Gasteiger partial charge is 0.480 e. The van der Waals surface area contributed by atoms with Gasteiger partial charge in [0.1, 0.15) is 16.4 Å². The quantitative estimate of drug-likeness (QED) is 0.887. The zero-order valence-corrected chi connectivity index (χ0v) is 11.0. The van der Waals surface area contributed by atoms with E-state index in [2.05, 4.69) is 14.8 Å². The van der Waals surface area contributed by atoms with Crippen LogP contribution in [0.2, 0.25) is 0 Å². The lowest BCUT2D eigenvalue weighted by atomic mass is 10.2. The number of aromatic nitrogens is 3. The molecule has 1 aliphatic heterocycles. The van der Waals surface area contributed by atoms with E-state index in [1.54, 1.807) is 13.8 Å². The molecule has 0 saturated carbocycles. The van der Waals surface area contributed by atoms with Crippen LogP contribution in [0, 0.1) is 0 Å². The van der Waals surface area contributed by atoms with Gasteiger partial charge < -0.3 is 9.67 Å². The first kappa shape index (κ1) is 12.4. The van der Waals surface area contributed by atoms with Crippen LogP contribution >= 0.6 is 11.8 Å². The summed E-state index contributed by atoms with van der Waals surface area (Å²) in [6.45, 7) is 4.40. The third kappa shape index (κ3) is 2.62. The van der Waals surface area contributed by atoms with E-state index in [-0.39, 0.29) is 0 Å². The van der Waals surface area contributed by atoms with Gasteiger partial charge in [-0.2, -0.15) is 0 Å². The van der Waals surface area contributed by atoms with Crippen molar-refractivity contribution in [3.63, 3.8) is 0 Å². The Morgan fingerprint density at radius 3 is 2.94 bits per heavy atom. The lowest BCUT2D eigenvalue weighted by molar-refractivity contribution is -0.138. The highest BCUT2D eigenvalue weighted by molar-refractivity contribution is 8.00. The number of thioether (sulfide) groups is 1. The summed E-state index contributed by atoms with van der Waals surface area (Å²) < 4.78 is 1.36. The Balaban J connectivity index is 2.05. The summed E-state index contributed by atoms with van der Waals surface area (Å²) in [6.07, 6.45) is 3.32. The van der Waals surface area contributed by atoms with Crippen LogP contribution in [-0.4, -0.2) is 30.6 Å². The molecule has 0 radical (unpaired) electrons. The Morgan fingerprint density at radius 2 is 2.24 bits per heavy atom. The van der Waals surface area contributed by atoms with Gasteiger partial charge in [-0.05, 0) is 26.7 Å². The number of carboxylic acid groups (broad SMARTS) is 1. The Kier molecular flexibility index (Phi) is 3.42. The van der Waals surface area contributed by atoms with Crippen LogP contribution in [0.3, 0.4) is 0 Å². The molecule has 0 aromatic carbocycles. The van der Waals surface area contributed by atoms with E-state index in [0.29, 0.717) is 5.75 Å². The molecular weight excluding hydrogens is 238 g/mol. The Bertz CT molecular complexity index is 428. The molecule has 1 aliphatic rings. The Hall–Kier alpha value is -1.04. The number of aliphatic carboxylic acids is 1. The number of hydrogen-bond acceptors (Lipinski definition) is 4. The Labute approximate surface area is 105 Å². The van der Waals surface area contributed by atoms with Crippen LogP contribution in [0.25, 0.3) is 0 Å². The van der Waals surface area contributed by atoms with Crippen molar-refractivity contribution < 1.29 is 9.90 Å². The molecule has 1 aromatic rings. The van der Waals surface area contributed by atoms with Crippen molar-refractivity contribution in [3.05, 3.63) is 11.6 Å². The summed E-state index contributed by atoms with van der Waals surface area (Å²) in [4.78, 5) is 11.0. The minimum absolute atomic E-state index is 0.603. The standard InChI is InChI=1S/C11H17N3O2S/c1-11(2,10(15)16)17-7-9-13-12-8-5-3-4-6-14(8)9/h3-7H2,1-2H3,(H,15,16). The molecule has 1 aromatic heterocycles. The van der Waals surface area contributed by atoms with Gasteiger partial charge in [-0.1, -0.05) is 0 Å². The average Bonchev–Trinajstić information content (AvgIpc) is 2.69. The molecule has 0 amide bonds. The second-order valence-electron chi connectivity index (χ2n) is 4.75. The van der Waals surface area contributed by atoms with Gasteiger partial charge in [0.25, 0.3) is 0 Å². The van der Waals surface area contributed by atoms with Gasteiger partial charge in [0, 0.05) is 13.0 Å². The highest BCUT2D eigenvalue weighted by atomic mass is 32.2. The van der Waals surface area contributed by atoms with Gasteiger partial charge in [0.15, 0.2) is 0 Å². The number of carboxylic acids is 1. The number of fused-ring (bicyclic) bond motifs is 1. The van der Waals surface area contributed by atoms with Crippen LogP contribution in [-0.2, 0) is 23.5 Å². The fraction of sp³-hybridized carbons (Fsp3) is 0.727. The highest BCUT2D eigenvalue weighted by Gasteiger charge is 2.28. The number of carbonyl (C=O) groups is 1. The molecule has 17 heavy (non-hydrogen) atoms. The second kappa shape index (κ2) is 4.68. The first-order valence-corrected chi connectivity index (χ1v) is 6.77. The first-order chi connectivity index (χ1) is 8.00. The van der Waals surface area contributed by atoms with Crippen molar-refractivity contribution in [2.75, 3.05) is 0 Å². The van der Waals surface area contributed by atoms with Crippen molar-refractivity contribution in [1.29, 1.82) is 0 Å². The van der Waals surface area contributed by atoms with Crippen molar-refractivity contribution in [2.45, 2.75) is 50.2 Å². The number of aryl methyl sites for hydroxylation is 1. The topological polar surface area (TPSA) is 68.0 Å². The number of rotatable bonds is 4. The van der Waals surface area contributed by atoms with E-state index >= 15 is 0 Å². The van der Waals surface area contributed by atoms with Crippen LogP contribution in [0.15, 0.2) is 0 Å². The maximum absolute atomic E-state index is 11.0. The third-order valence-electron chi connectivity index (χ3n) is 3.01. The van der Waals surface area contributed by atoms with E-state index in [4.69, 9.17) is 5.11 Å². The summed E-state index contributed by atoms with van der Waals surface area (Å²) in [5.41, 5.74) is 0. The Morgan fingerprint density at radius 1 is 1.47 bits per heavy atom. The van der Waals surface area contributed by atoms with Crippen molar-refractivity contribution in [3.8, 4) is 0 Å². The van der Waals surface area contributed by atoms with E-state index in [1.165, 1.54) is 18.2 Å². The van der Waals surface area contributed by atoms with Crippen LogP contribution < -0.4 is 0 Å². The van der Waals surface area contributed by atoms with Gasteiger partial charge in [0.2, 0.25) is 0 Å². The summed E-state index contributed by atoms with van der Waals surface area (Å²) in [7, 11) is 0. The van der Waals surface area contributed by atoms with Gasteiger partial charge in [0.05, 0.1) is 5.75 Å². The van der Waals surface area contributed by atoms with Crippen molar-refractivity contribution >= 4 is 17.7 Å². The van der Waals surface area contributed by atoms with E-state index < -0.39 is 10.7 Å². The zero-order chi connectivity index (χ0) is 12.5. The van der Waals surface area contributed by atoms with Crippen LogP contribution in [0.5, 0.6) is 0 Å². The molecule has 0 atom stereocenters. The van der Waals surface area contributed by atoms with E-state index in [0.717, 1.165) is 31.0 Å². The van der Waals surface area contributed by atoms with Crippen LogP contribution in [0.1, 0.15) is 38.3 Å². The molecule has 0 fully saturated rings. The lowest BCUT2D eigenvalue weighted by Crippen LogP contribution is -2.27. The van der Waals surface area contributed by atoms with Gasteiger partial charge in [-0.25, -0.2) is 0 Å². The normalized spacial score (nSPS) is 15.6. The summed E-state index contributed by atoms with van der Waals surface area (Å²) in [6, 6.07) is 0. The molecule has 2 heterocycles. The molecule has 94 valence electrons. The third-order valence-corrected chi connectivity index (χ3v) is 4.31. The minimum Gasteiger partial charge on any atom is -0.480 e. The highest BCUT2D eigenvalue weighted by Crippen LogP contribution is 2.28. The SMILES string of the molecule is CC(C)(SCc1nnc2n1CCCC2)C(=O)O. The molecule has 0 saturated heterocycles. The second-order valence-corrected chi connectivity index (χ2v) is 6.34. The van der Waals surface area contributed by atoms with Crippen LogP contribution in [0.4, 0.5) is 0 Å². The lowest BCUT2D eigenvalue weighted by Gasteiger charge is -2.19. The first-order valence-electron chi connectivity index (χ1n) is 5.79. The molecule has 0 unspecified atom stereocenters. The summed E-state index contributed by atoms with van der Waals surface area (Å²) >= 11 is 1.39. The molecule has 5 nitrogen and oxygen atoms in total. The molecule has 2 rings (SSSR count). The predicted molar refractivity (Wildman–Crippen MR) is 66.0 cm³/mol. The molecular formula is C11H17N3O2S. The molecule has 6 heteroatoms. The van der Waals surface area contributed by atoms with Gasteiger partial charge >= 0.3 is 5.97 Å². The fourth-order valence-corrected chi connectivity index (χ4v) is 2.61. The molecule has 0 aliphatic carbocycles. The van der Waals surface area contributed by atoms with Gasteiger partial charge in [-0.15, -0.1) is 22.0 Å². The number of hydrogen-bond donors (Lipinski definition) is 1. The number of nitrogens with zero attached hydrogens (tertiary/aromatic N) is 3. The summed E-state index contributed by atoms with van der Waals surface area (Å²) in [5.74, 6) is 1.76. The molecule has 0 bridgehead atoms. The van der Waals surface area contributed by atoms with E-state index in [1.807, 2.05) is 0 Å². The maximum Gasteiger partial charge on any atom is 0.319 e. The van der Waals surface area contributed by atoms with Crippen molar-refractivity contribution in [2.24, 2.45) is 0 Å². The monoisotopic (exact) mass is 255 g/mol. The van der Waals surface area contributed by atoms with Crippen molar-refractivity contribution in [1.82, 2.24) is 14.8 Å². The smallest absolute Gasteiger partial charge is 0.319 e. The predicted octanol–water partition coefficient (Wildman–Crippen LogP) is 1.71. The average molecular weight is 255 g/mol. The molecule has 1 N–H and O–H groups in total.